The van der Waals surface area contributed by atoms with Crippen molar-refractivity contribution in [3.05, 3.63) is 46.7 Å². The number of amides is 1. The van der Waals surface area contributed by atoms with Gasteiger partial charge in [-0.3, -0.25) is 9.78 Å². The lowest BCUT2D eigenvalue weighted by Gasteiger charge is -2.10. The fourth-order valence-corrected chi connectivity index (χ4v) is 2.08. The van der Waals surface area contributed by atoms with E-state index in [1.165, 1.54) is 6.92 Å². The zero-order valence-corrected chi connectivity index (χ0v) is 11.1. The predicted molar refractivity (Wildman–Crippen MR) is 74.0 cm³/mol. The van der Waals surface area contributed by atoms with Crippen molar-refractivity contribution in [1.82, 2.24) is 4.98 Å². The molecule has 1 aromatic carbocycles. The third-order valence-corrected chi connectivity index (χ3v) is 3.27. The summed E-state index contributed by atoms with van der Waals surface area (Å²) in [5, 5.41) is 3.37. The van der Waals surface area contributed by atoms with Crippen LogP contribution in [0.2, 0.25) is 10.0 Å². The van der Waals surface area contributed by atoms with Crippen molar-refractivity contribution >= 4 is 34.8 Å². The second-order valence-corrected chi connectivity index (χ2v) is 4.46. The van der Waals surface area contributed by atoms with Gasteiger partial charge in [0.2, 0.25) is 5.91 Å². The molecule has 2 aromatic rings. The molecule has 1 N–H and O–H groups in total. The van der Waals surface area contributed by atoms with Gasteiger partial charge in [0.05, 0.1) is 15.7 Å². The summed E-state index contributed by atoms with van der Waals surface area (Å²) in [6.45, 7) is 1.42. The Kier molecular flexibility index (Phi) is 3.84. The maximum atomic E-state index is 11.0. The van der Waals surface area contributed by atoms with Crippen molar-refractivity contribution in [2.75, 3.05) is 5.32 Å². The topological polar surface area (TPSA) is 42.0 Å². The van der Waals surface area contributed by atoms with Crippen molar-refractivity contribution in [1.29, 1.82) is 0 Å². The second kappa shape index (κ2) is 5.38. The Morgan fingerprint density at radius 2 is 1.78 bits per heavy atom. The summed E-state index contributed by atoms with van der Waals surface area (Å²) in [5.74, 6) is -0.190. The molecule has 1 heterocycles. The summed E-state index contributed by atoms with van der Waals surface area (Å²) in [7, 11) is 0. The van der Waals surface area contributed by atoms with E-state index in [0.717, 1.165) is 11.1 Å². The monoisotopic (exact) mass is 280 g/mol. The van der Waals surface area contributed by atoms with Gasteiger partial charge in [0.1, 0.15) is 0 Å². The highest BCUT2D eigenvalue weighted by Gasteiger charge is 2.12. The number of benzene rings is 1. The molecule has 0 aliphatic heterocycles. The summed E-state index contributed by atoms with van der Waals surface area (Å²) < 4.78 is 0. The number of carbonyl (C=O) groups excluding carboxylic acids is 1. The van der Waals surface area contributed by atoms with Crippen molar-refractivity contribution < 1.29 is 4.79 Å². The highest BCUT2D eigenvalue weighted by Crippen LogP contribution is 2.38. The molecular weight excluding hydrogens is 271 g/mol. The minimum absolute atomic E-state index is 0.190. The molecule has 0 aliphatic carbocycles. The molecule has 0 spiro atoms. The van der Waals surface area contributed by atoms with Crippen LogP contribution in [0.15, 0.2) is 36.7 Å². The number of aromatic nitrogens is 1. The van der Waals surface area contributed by atoms with Gasteiger partial charge in [0.15, 0.2) is 0 Å². The van der Waals surface area contributed by atoms with E-state index in [1.807, 2.05) is 18.2 Å². The molecule has 5 heteroatoms. The Hall–Kier alpha value is -1.58. The summed E-state index contributed by atoms with van der Waals surface area (Å²) in [4.78, 5) is 15.0. The number of nitrogens with zero attached hydrogens (tertiary/aromatic N) is 1. The standard InChI is InChI=1S/C13H10Cl2N2O/c1-8(18)17-11-3-2-10(12(14)13(11)15)9-4-6-16-7-5-9/h2-7H,1H3,(H,17,18). The van der Waals surface area contributed by atoms with E-state index in [2.05, 4.69) is 10.3 Å². The first-order valence-corrected chi connectivity index (χ1v) is 6.01. The molecule has 0 saturated carbocycles. The molecule has 0 unspecified atom stereocenters. The summed E-state index contributed by atoms with van der Waals surface area (Å²) in [5.41, 5.74) is 2.23. The number of anilines is 1. The van der Waals surface area contributed by atoms with E-state index in [0.29, 0.717) is 15.7 Å². The van der Waals surface area contributed by atoms with Crippen molar-refractivity contribution in [2.45, 2.75) is 6.92 Å². The van der Waals surface area contributed by atoms with Gasteiger partial charge in [-0.05, 0) is 23.8 Å². The van der Waals surface area contributed by atoms with Crippen molar-refractivity contribution in [2.24, 2.45) is 0 Å². The number of nitrogens with one attached hydrogen (secondary N) is 1. The lowest BCUT2D eigenvalue weighted by atomic mass is 10.1. The summed E-state index contributed by atoms with van der Waals surface area (Å²) >= 11 is 12.3. The average molecular weight is 281 g/mol. The molecule has 0 fully saturated rings. The van der Waals surface area contributed by atoms with E-state index in [-0.39, 0.29) is 5.91 Å². The first-order chi connectivity index (χ1) is 8.59. The fraction of sp³-hybridized carbons (Fsp3) is 0.0769. The minimum Gasteiger partial charge on any atom is -0.325 e. The van der Waals surface area contributed by atoms with Crippen LogP contribution in [0.5, 0.6) is 0 Å². The number of carbonyl (C=O) groups is 1. The number of hydrogen-bond acceptors (Lipinski definition) is 2. The zero-order valence-electron chi connectivity index (χ0n) is 9.58. The Morgan fingerprint density at radius 1 is 1.11 bits per heavy atom. The molecule has 3 nitrogen and oxygen atoms in total. The number of halogens is 2. The van der Waals surface area contributed by atoms with Gasteiger partial charge in [0, 0.05) is 24.9 Å². The molecule has 1 aromatic heterocycles. The van der Waals surface area contributed by atoms with Gasteiger partial charge in [-0.2, -0.15) is 0 Å². The Morgan fingerprint density at radius 3 is 2.39 bits per heavy atom. The van der Waals surface area contributed by atoms with Crippen LogP contribution in [0.4, 0.5) is 5.69 Å². The van der Waals surface area contributed by atoms with Gasteiger partial charge in [-0.1, -0.05) is 29.3 Å². The van der Waals surface area contributed by atoms with E-state index in [9.17, 15) is 4.79 Å². The van der Waals surface area contributed by atoms with Crippen LogP contribution in [0.25, 0.3) is 11.1 Å². The van der Waals surface area contributed by atoms with Crippen LogP contribution in [0, 0.1) is 0 Å². The van der Waals surface area contributed by atoms with Gasteiger partial charge in [-0.15, -0.1) is 0 Å². The van der Waals surface area contributed by atoms with E-state index >= 15 is 0 Å². The quantitative estimate of drug-likeness (QED) is 0.903. The molecule has 0 radical (unpaired) electrons. The smallest absolute Gasteiger partial charge is 0.221 e. The molecular formula is C13H10Cl2N2O. The molecule has 1 amide bonds. The first-order valence-electron chi connectivity index (χ1n) is 5.25. The van der Waals surface area contributed by atoms with E-state index < -0.39 is 0 Å². The Balaban J connectivity index is 2.47. The Labute approximate surface area is 115 Å². The zero-order chi connectivity index (χ0) is 13.1. The summed E-state index contributed by atoms with van der Waals surface area (Å²) in [6.07, 6.45) is 3.36. The molecule has 92 valence electrons. The minimum atomic E-state index is -0.190. The average Bonchev–Trinajstić information content (AvgIpc) is 2.36. The lowest BCUT2D eigenvalue weighted by molar-refractivity contribution is -0.114. The number of pyridine rings is 1. The Bertz CT molecular complexity index is 585. The van der Waals surface area contributed by atoms with Crippen LogP contribution in [-0.2, 0) is 4.79 Å². The molecule has 18 heavy (non-hydrogen) atoms. The van der Waals surface area contributed by atoms with Crippen LogP contribution in [0.3, 0.4) is 0 Å². The third-order valence-electron chi connectivity index (χ3n) is 2.38. The number of rotatable bonds is 2. The fourth-order valence-electron chi connectivity index (χ4n) is 1.59. The van der Waals surface area contributed by atoms with Crippen LogP contribution in [-0.4, -0.2) is 10.9 Å². The maximum absolute atomic E-state index is 11.0. The van der Waals surface area contributed by atoms with E-state index in [4.69, 9.17) is 23.2 Å². The van der Waals surface area contributed by atoms with Gasteiger partial charge >= 0.3 is 0 Å². The third kappa shape index (κ3) is 2.63. The SMILES string of the molecule is CC(=O)Nc1ccc(-c2ccncc2)c(Cl)c1Cl. The normalized spacial score (nSPS) is 10.2. The van der Waals surface area contributed by atoms with E-state index in [1.54, 1.807) is 18.5 Å². The van der Waals surface area contributed by atoms with Crippen molar-refractivity contribution in [3.63, 3.8) is 0 Å². The van der Waals surface area contributed by atoms with Crippen molar-refractivity contribution in [3.8, 4) is 11.1 Å². The molecule has 0 bridgehead atoms. The highest BCUT2D eigenvalue weighted by atomic mass is 35.5. The maximum Gasteiger partial charge on any atom is 0.221 e. The van der Waals surface area contributed by atoms with Crippen LogP contribution in [0.1, 0.15) is 6.92 Å². The number of hydrogen-bond donors (Lipinski definition) is 1. The largest absolute Gasteiger partial charge is 0.325 e. The molecule has 2 rings (SSSR count). The van der Waals surface area contributed by atoms with Crippen LogP contribution < -0.4 is 5.32 Å². The summed E-state index contributed by atoms with van der Waals surface area (Å²) in [6, 6.07) is 7.23. The predicted octanol–water partition coefficient (Wildman–Crippen LogP) is 4.01. The lowest BCUT2D eigenvalue weighted by Crippen LogP contribution is -2.06. The molecule has 0 aliphatic rings. The first kappa shape index (κ1) is 12.9. The molecule has 0 atom stereocenters. The van der Waals surface area contributed by atoms with Crippen LogP contribution >= 0.6 is 23.2 Å². The highest BCUT2D eigenvalue weighted by molar-refractivity contribution is 6.45. The second-order valence-electron chi connectivity index (χ2n) is 3.71. The van der Waals surface area contributed by atoms with Gasteiger partial charge in [-0.25, -0.2) is 0 Å². The van der Waals surface area contributed by atoms with Gasteiger partial charge < -0.3 is 5.32 Å². The molecule has 0 saturated heterocycles. The van der Waals surface area contributed by atoms with Gasteiger partial charge in [0.25, 0.3) is 0 Å².